The molecule has 0 aliphatic carbocycles. The molecule has 0 saturated carbocycles. The van der Waals surface area contributed by atoms with Gasteiger partial charge in [-0.05, 0) is 65.5 Å². The van der Waals surface area contributed by atoms with Crippen LogP contribution in [0.3, 0.4) is 0 Å². The van der Waals surface area contributed by atoms with Gasteiger partial charge in [0.1, 0.15) is 17.6 Å². The quantitative estimate of drug-likeness (QED) is 0.267. The number of carbonyl (C=O) groups is 3. The molecule has 2 saturated heterocycles. The van der Waals surface area contributed by atoms with Crippen LogP contribution in [0.15, 0.2) is 96.4 Å². The molecule has 0 radical (unpaired) electrons. The van der Waals surface area contributed by atoms with E-state index in [1.54, 1.807) is 41.2 Å². The average Bonchev–Trinajstić information content (AvgIpc) is 3.73. The molecule has 1 aromatic heterocycles. The third kappa shape index (κ3) is 5.82. The molecule has 2 fully saturated rings. The van der Waals surface area contributed by atoms with Crippen LogP contribution in [-0.4, -0.2) is 66.9 Å². The molecule has 4 aromatic rings. The Morgan fingerprint density at radius 3 is 2.25 bits per heavy atom. The van der Waals surface area contributed by atoms with Gasteiger partial charge in [0.2, 0.25) is 5.91 Å². The molecule has 4 atom stereocenters. The lowest BCUT2D eigenvalue weighted by Gasteiger charge is -2.36. The average molecular weight is 613 g/mol. The zero-order chi connectivity index (χ0) is 30.6. The van der Waals surface area contributed by atoms with Crippen LogP contribution < -0.4 is 15.4 Å². The third-order valence-electron chi connectivity index (χ3n) is 8.37. The minimum atomic E-state index is -0.977. The fourth-order valence-electron chi connectivity index (χ4n) is 6.32. The number of thiophene rings is 1. The summed E-state index contributed by atoms with van der Waals surface area (Å²) in [6.45, 7) is 2.26. The van der Waals surface area contributed by atoms with Gasteiger partial charge in [-0.3, -0.25) is 9.59 Å². The highest BCUT2D eigenvalue weighted by atomic mass is 32.1. The van der Waals surface area contributed by atoms with Gasteiger partial charge in [-0.2, -0.15) is 0 Å². The number of urea groups is 1. The smallest absolute Gasteiger partial charge is 0.323 e. The highest BCUT2D eigenvalue weighted by Crippen LogP contribution is 2.52. The van der Waals surface area contributed by atoms with Gasteiger partial charge in [0.15, 0.2) is 5.78 Å². The van der Waals surface area contributed by atoms with Gasteiger partial charge in [-0.25, -0.2) is 9.18 Å². The van der Waals surface area contributed by atoms with E-state index in [4.69, 9.17) is 4.74 Å². The number of benzene rings is 3. The van der Waals surface area contributed by atoms with Gasteiger partial charge < -0.3 is 25.2 Å². The maximum atomic E-state index is 14.7. The molecule has 6 rings (SSSR count). The number of piperazine rings is 1. The molecular weight excluding hydrogens is 579 g/mol. The zero-order valence-electron chi connectivity index (χ0n) is 24.2. The first-order chi connectivity index (χ1) is 21.5. The minimum absolute atomic E-state index is 0.171. The lowest BCUT2D eigenvalue weighted by Crippen LogP contribution is -2.55. The monoisotopic (exact) mass is 612 g/mol. The fourth-order valence-corrected chi connectivity index (χ4v) is 7.19. The molecule has 0 bridgehead atoms. The van der Waals surface area contributed by atoms with Gasteiger partial charge in [0.05, 0.1) is 19.1 Å². The summed E-state index contributed by atoms with van der Waals surface area (Å²) in [6.07, 6.45) is 0. The Bertz CT molecular complexity index is 1590. The Morgan fingerprint density at radius 2 is 1.61 bits per heavy atom. The van der Waals surface area contributed by atoms with Crippen molar-refractivity contribution in [1.29, 1.82) is 0 Å². The number of amides is 3. The number of Topliss-reactive ketones (excluding diaryl/α,β-unsaturated/α-hetero) is 1. The Labute approximate surface area is 259 Å². The van der Waals surface area contributed by atoms with E-state index >= 15 is 0 Å². The summed E-state index contributed by atoms with van der Waals surface area (Å²) in [5.41, 5.74) is 1.65. The molecule has 10 heteroatoms. The molecule has 226 valence electrons. The normalized spacial score (nSPS) is 21.6. The predicted molar refractivity (Wildman–Crippen MR) is 168 cm³/mol. The molecule has 3 amide bonds. The molecule has 3 heterocycles. The Balaban J connectivity index is 1.52. The van der Waals surface area contributed by atoms with Crippen LogP contribution in [0.2, 0.25) is 0 Å². The maximum Gasteiger partial charge on any atom is 0.323 e. The molecular formula is C34H33FN4O4S. The number of carbonyl (C=O) groups excluding carboxylic acids is 3. The van der Waals surface area contributed by atoms with Crippen molar-refractivity contribution in [3.05, 3.63) is 118 Å². The largest absolute Gasteiger partial charge is 0.497 e. The third-order valence-corrected chi connectivity index (χ3v) is 9.32. The number of methoxy groups -OCH3 is 1. The summed E-state index contributed by atoms with van der Waals surface area (Å²) in [6, 6.07) is 23.5. The highest BCUT2D eigenvalue weighted by molar-refractivity contribution is 7.10. The molecule has 2 aliphatic heterocycles. The zero-order valence-corrected chi connectivity index (χ0v) is 25.0. The number of anilines is 1. The van der Waals surface area contributed by atoms with Gasteiger partial charge in [0, 0.05) is 48.2 Å². The first-order valence-corrected chi connectivity index (χ1v) is 15.4. The van der Waals surface area contributed by atoms with Crippen LogP contribution >= 0.6 is 11.3 Å². The van der Waals surface area contributed by atoms with Crippen LogP contribution in [0, 0.1) is 11.7 Å². The second kappa shape index (κ2) is 13.0. The number of rotatable bonds is 7. The van der Waals surface area contributed by atoms with E-state index in [0.29, 0.717) is 43.2 Å². The molecule has 8 nitrogen and oxygen atoms in total. The van der Waals surface area contributed by atoms with Crippen molar-refractivity contribution in [3.63, 3.8) is 0 Å². The van der Waals surface area contributed by atoms with E-state index in [9.17, 15) is 18.8 Å². The van der Waals surface area contributed by atoms with Gasteiger partial charge >= 0.3 is 6.03 Å². The van der Waals surface area contributed by atoms with Crippen molar-refractivity contribution in [1.82, 2.24) is 15.1 Å². The van der Waals surface area contributed by atoms with Crippen molar-refractivity contribution in [2.75, 3.05) is 38.6 Å². The van der Waals surface area contributed by atoms with Crippen molar-refractivity contribution in [2.24, 2.45) is 5.92 Å². The summed E-state index contributed by atoms with van der Waals surface area (Å²) >= 11 is 1.44. The number of nitrogens with one attached hydrogen (secondary N) is 2. The summed E-state index contributed by atoms with van der Waals surface area (Å²) in [5.74, 6) is -1.60. The molecule has 2 aliphatic rings. The molecule has 4 unspecified atom stereocenters. The first kappa shape index (κ1) is 29.5. The number of likely N-dealkylation sites (tertiary alicyclic amines) is 1. The Hall–Kier alpha value is -4.54. The summed E-state index contributed by atoms with van der Waals surface area (Å²) in [5, 5.41) is 8.08. The van der Waals surface area contributed by atoms with Crippen LogP contribution in [0.1, 0.15) is 32.8 Å². The first-order valence-electron chi connectivity index (χ1n) is 14.6. The van der Waals surface area contributed by atoms with Crippen molar-refractivity contribution >= 4 is 34.7 Å². The van der Waals surface area contributed by atoms with Crippen molar-refractivity contribution in [2.45, 2.75) is 18.0 Å². The predicted octanol–water partition coefficient (Wildman–Crippen LogP) is 5.57. The number of halogens is 1. The summed E-state index contributed by atoms with van der Waals surface area (Å²) < 4.78 is 19.0. The van der Waals surface area contributed by atoms with E-state index in [0.717, 1.165) is 10.4 Å². The second-order valence-corrected chi connectivity index (χ2v) is 11.9. The Morgan fingerprint density at radius 1 is 0.909 bits per heavy atom. The highest BCUT2D eigenvalue weighted by Gasteiger charge is 2.58. The SMILES string of the molecule is COc1ccc(C(=O)C2C(c3ccccc3)C(C(=O)N3CCNCC3)N(C(=O)Nc3ccc(F)cc3)C2c2cccs2)cc1. The van der Waals surface area contributed by atoms with Gasteiger partial charge in [-0.15, -0.1) is 11.3 Å². The van der Waals surface area contributed by atoms with E-state index in [2.05, 4.69) is 10.6 Å². The van der Waals surface area contributed by atoms with Crippen LogP contribution in [0.25, 0.3) is 0 Å². The van der Waals surface area contributed by atoms with Crippen molar-refractivity contribution in [3.8, 4) is 5.75 Å². The number of hydrogen-bond acceptors (Lipinski definition) is 6. The van der Waals surface area contributed by atoms with E-state index in [-0.39, 0.29) is 11.7 Å². The van der Waals surface area contributed by atoms with E-state index < -0.39 is 35.8 Å². The summed E-state index contributed by atoms with van der Waals surface area (Å²) in [4.78, 5) is 47.8. The van der Waals surface area contributed by atoms with Gasteiger partial charge in [0.25, 0.3) is 0 Å². The molecule has 2 N–H and O–H groups in total. The standard InChI is InChI=1S/C34H33FN4O4S/c1-43-26-15-9-23(10-16-26)32(40)29-28(22-6-3-2-4-7-22)31(33(41)38-19-17-36-18-20-38)39(30(29)27-8-5-21-44-27)34(42)37-25-13-11-24(35)12-14-25/h2-16,21,28-31,36H,17-20H2,1H3,(H,37,42). The molecule has 44 heavy (non-hydrogen) atoms. The second-order valence-electron chi connectivity index (χ2n) is 10.9. The van der Waals surface area contributed by atoms with E-state index in [1.807, 2.05) is 47.8 Å². The fraction of sp³-hybridized carbons (Fsp3) is 0.265. The molecule has 3 aromatic carbocycles. The number of ether oxygens (including phenoxy) is 1. The Kier molecular flexibility index (Phi) is 8.72. The van der Waals surface area contributed by atoms with Crippen LogP contribution in [-0.2, 0) is 4.79 Å². The van der Waals surface area contributed by atoms with Crippen LogP contribution in [0.5, 0.6) is 5.75 Å². The molecule has 0 spiro atoms. The number of hydrogen-bond donors (Lipinski definition) is 2. The van der Waals surface area contributed by atoms with Crippen LogP contribution in [0.4, 0.5) is 14.9 Å². The lowest BCUT2D eigenvalue weighted by atomic mass is 9.77. The number of nitrogens with zero attached hydrogens (tertiary/aromatic N) is 2. The summed E-state index contributed by atoms with van der Waals surface area (Å²) in [7, 11) is 1.57. The van der Waals surface area contributed by atoms with Crippen molar-refractivity contribution < 1.29 is 23.5 Å². The van der Waals surface area contributed by atoms with Gasteiger partial charge in [-0.1, -0.05) is 36.4 Å². The lowest BCUT2D eigenvalue weighted by molar-refractivity contribution is -0.136. The van der Waals surface area contributed by atoms with E-state index in [1.165, 1.54) is 35.6 Å². The number of ketones is 1. The maximum absolute atomic E-state index is 14.7. The minimum Gasteiger partial charge on any atom is -0.497 e. The topological polar surface area (TPSA) is 91.0 Å².